The Labute approximate surface area is 134 Å². The van der Waals surface area contributed by atoms with Gasteiger partial charge in [0.1, 0.15) is 17.3 Å². The van der Waals surface area contributed by atoms with E-state index in [9.17, 15) is 14.3 Å². The molecule has 0 spiro atoms. The lowest BCUT2D eigenvalue weighted by Crippen LogP contribution is -2.38. The first kappa shape index (κ1) is 15.5. The Morgan fingerprint density at radius 1 is 1.39 bits per heavy atom. The molecule has 0 saturated heterocycles. The Bertz CT molecular complexity index is 708. The summed E-state index contributed by atoms with van der Waals surface area (Å²) in [4.78, 5) is 14.5. The van der Waals surface area contributed by atoms with Gasteiger partial charge >= 0.3 is 0 Å². The molecule has 0 radical (unpaired) electrons. The number of phenolic OH excluding ortho intramolecular Hbond substituents is 1. The summed E-state index contributed by atoms with van der Waals surface area (Å²) in [6, 6.07) is 5.85. The number of hydrogen-bond donors (Lipinski definition) is 2. The van der Waals surface area contributed by atoms with Crippen molar-refractivity contribution in [2.45, 2.75) is 45.2 Å². The molecule has 5 nitrogen and oxygen atoms in total. The molecule has 23 heavy (non-hydrogen) atoms. The maximum atomic E-state index is 14.0. The minimum absolute atomic E-state index is 0.104. The van der Waals surface area contributed by atoms with Crippen LogP contribution in [0.5, 0.6) is 5.75 Å². The van der Waals surface area contributed by atoms with Crippen LogP contribution in [0.2, 0.25) is 0 Å². The molecular formula is C17H20FN3O2. The van der Waals surface area contributed by atoms with E-state index in [1.54, 1.807) is 11.0 Å². The maximum absolute atomic E-state index is 14.0. The van der Waals surface area contributed by atoms with Crippen LogP contribution in [0.4, 0.5) is 4.39 Å². The number of aromatic hydroxyl groups is 1. The Hall–Kier alpha value is -2.37. The lowest BCUT2D eigenvalue weighted by molar-refractivity contribution is 0.0656. The van der Waals surface area contributed by atoms with E-state index in [-0.39, 0.29) is 24.2 Å². The molecule has 1 heterocycles. The normalized spacial score (nSPS) is 15.0. The number of phenols is 1. The predicted octanol–water partition coefficient (Wildman–Crippen LogP) is 3.15. The van der Waals surface area contributed by atoms with Crippen LogP contribution in [0.3, 0.4) is 0 Å². The van der Waals surface area contributed by atoms with Crippen LogP contribution in [-0.4, -0.2) is 32.2 Å². The number of carbonyl (C=O) groups excluding carboxylic acids is 1. The molecule has 1 aliphatic carbocycles. The highest BCUT2D eigenvalue weighted by atomic mass is 19.1. The van der Waals surface area contributed by atoms with Crippen LogP contribution in [0, 0.1) is 12.7 Å². The minimum Gasteiger partial charge on any atom is -0.508 e. The maximum Gasteiger partial charge on any atom is 0.274 e. The van der Waals surface area contributed by atoms with Crippen LogP contribution in [0.1, 0.15) is 47.4 Å². The van der Waals surface area contributed by atoms with Crippen molar-refractivity contribution in [1.82, 2.24) is 15.1 Å². The molecule has 1 aliphatic rings. The second-order valence-electron chi connectivity index (χ2n) is 6.08. The molecule has 6 heteroatoms. The summed E-state index contributed by atoms with van der Waals surface area (Å²) in [6.45, 7) is 2.02. The second kappa shape index (κ2) is 6.40. The largest absolute Gasteiger partial charge is 0.508 e. The molecule has 0 unspecified atom stereocenters. The summed E-state index contributed by atoms with van der Waals surface area (Å²) in [5.41, 5.74) is 1.57. The van der Waals surface area contributed by atoms with Gasteiger partial charge < -0.3 is 10.0 Å². The molecule has 1 aromatic heterocycles. The molecule has 0 atom stereocenters. The smallest absolute Gasteiger partial charge is 0.274 e. The molecule has 1 aromatic carbocycles. The minimum atomic E-state index is -0.501. The van der Waals surface area contributed by atoms with Gasteiger partial charge in [0.2, 0.25) is 0 Å². The number of hydrogen-bond acceptors (Lipinski definition) is 3. The zero-order valence-electron chi connectivity index (χ0n) is 13.1. The van der Waals surface area contributed by atoms with E-state index in [0.29, 0.717) is 11.3 Å². The molecule has 0 bridgehead atoms. The fraction of sp³-hybridized carbons (Fsp3) is 0.412. The van der Waals surface area contributed by atoms with Crippen molar-refractivity contribution in [2.75, 3.05) is 0 Å². The van der Waals surface area contributed by atoms with Crippen molar-refractivity contribution >= 4 is 5.91 Å². The van der Waals surface area contributed by atoms with Crippen LogP contribution in [-0.2, 0) is 6.54 Å². The Morgan fingerprint density at radius 3 is 2.74 bits per heavy atom. The van der Waals surface area contributed by atoms with Gasteiger partial charge in [-0.25, -0.2) is 4.39 Å². The lowest BCUT2D eigenvalue weighted by Gasteiger charge is -2.28. The Balaban J connectivity index is 1.87. The van der Waals surface area contributed by atoms with E-state index < -0.39 is 5.82 Å². The molecule has 122 valence electrons. The standard InChI is InChI=1S/C17H20FN3O2/c1-11-8-16(20-19-11)17(23)21(13-4-2-3-5-13)10-12-6-7-14(22)9-15(12)18/h6-9,13,22H,2-5,10H2,1H3,(H,19,20). The van der Waals surface area contributed by atoms with Crippen LogP contribution in [0.15, 0.2) is 24.3 Å². The number of rotatable bonds is 4. The van der Waals surface area contributed by atoms with Gasteiger partial charge in [-0.05, 0) is 31.9 Å². The molecule has 1 saturated carbocycles. The van der Waals surface area contributed by atoms with Crippen molar-refractivity contribution < 1.29 is 14.3 Å². The third-order valence-corrected chi connectivity index (χ3v) is 4.33. The highest BCUT2D eigenvalue weighted by Crippen LogP contribution is 2.27. The van der Waals surface area contributed by atoms with E-state index >= 15 is 0 Å². The number of benzene rings is 1. The van der Waals surface area contributed by atoms with Gasteiger partial charge in [0, 0.05) is 29.9 Å². The average molecular weight is 317 g/mol. The van der Waals surface area contributed by atoms with Crippen LogP contribution >= 0.6 is 0 Å². The molecule has 1 amide bonds. The third kappa shape index (κ3) is 3.36. The highest BCUT2D eigenvalue weighted by molar-refractivity contribution is 5.92. The Kier molecular flexibility index (Phi) is 4.32. The van der Waals surface area contributed by atoms with E-state index in [1.165, 1.54) is 12.1 Å². The SMILES string of the molecule is Cc1cc(C(=O)N(Cc2ccc(O)cc2F)C2CCCC2)n[nH]1. The van der Waals surface area contributed by atoms with Crippen molar-refractivity contribution in [3.8, 4) is 5.75 Å². The summed E-state index contributed by atoms with van der Waals surface area (Å²) in [7, 11) is 0. The lowest BCUT2D eigenvalue weighted by atomic mass is 10.1. The summed E-state index contributed by atoms with van der Waals surface area (Å²) >= 11 is 0. The van der Waals surface area contributed by atoms with Crippen LogP contribution in [0.25, 0.3) is 0 Å². The number of nitrogens with one attached hydrogen (secondary N) is 1. The summed E-state index contributed by atoms with van der Waals surface area (Å²) in [6.07, 6.45) is 4.00. The molecule has 0 aliphatic heterocycles. The number of aryl methyl sites for hydroxylation is 1. The van der Waals surface area contributed by atoms with Gasteiger partial charge in [0.15, 0.2) is 0 Å². The number of aromatic nitrogens is 2. The quantitative estimate of drug-likeness (QED) is 0.910. The Morgan fingerprint density at radius 2 is 2.13 bits per heavy atom. The van der Waals surface area contributed by atoms with Crippen LogP contribution < -0.4 is 0 Å². The molecule has 2 N–H and O–H groups in total. The van der Waals surface area contributed by atoms with Crippen molar-refractivity contribution in [1.29, 1.82) is 0 Å². The summed E-state index contributed by atoms with van der Waals surface area (Å²) in [5, 5.41) is 16.1. The van der Waals surface area contributed by atoms with Gasteiger partial charge in [-0.2, -0.15) is 5.10 Å². The predicted molar refractivity (Wildman–Crippen MR) is 83.5 cm³/mol. The summed E-state index contributed by atoms with van der Waals surface area (Å²) in [5.74, 6) is -0.805. The van der Waals surface area contributed by atoms with E-state index in [0.717, 1.165) is 37.4 Å². The molecule has 1 fully saturated rings. The number of aromatic amines is 1. The topological polar surface area (TPSA) is 69.2 Å². The van der Waals surface area contributed by atoms with Crippen molar-refractivity contribution in [2.24, 2.45) is 0 Å². The molecule has 2 aromatic rings. The average Bonchev–Trinajstić information content (AvgIpc) is 3.17. The van der Waals surface area contributed by atoms with E-state index in [1.807, 2.05) is 6.92 Å². The first-order valence-corrected chi connectivity index (χ1v) is 7.85. The van der Waals surface area contributed by atoms with Gasteiger partial charge in [-0.3, -0.25) is 9.89 Å². The molecular weight excluding hydrogens is 297 g/mol. The number of halogens is 1. The van der Waals surface area contributed by atoms with Gasteiger partial charge in [0.05, 0.1) is 0 Å². The van der Waals surface area contributed by atoms with E-state index in [2.05, 4.69) is 10.2 Å². The monoisotopic (exact) mass is 317 g/mol. The fourth-order valence-corrected chi connectivity index (χ4v) is 3.11. The van der Waals surface area contributed by atoms with Gasteiger partial charge in [-0.1, -0.05) is 18.9 Å². The van der Waals surface area contributed by atoms with Gasteiger partial charge in [0.25, 0.3) is 5.91 Å². The first-order chi connectivity index (χ1) is 11.0. The zero-order valence-corrected chi connectivity index (χ0v) is 13.1. The van der Waals surface area contributed by atoms with Gasteiger partial charge in [-0.15, -0.1) is 0 Å². The number of amides is 1. The number of carbonyl (C=O) groups is 1. The highest BCUT2D eigenvalue weighted by Gasteiger charge is 2.29. The summed E-state index contributed by atoms with van der Waals surface area (Å²) < 4.78 is 14.0. The first-order valence-electron chi connectivity index (χ1n) is 7.85. The number of nitrogens with zero attached hydrogens (tertiary/aromatic N) is 2. The molecule has 3 rings (SSSR count). The van der Waals surface area contributed by atoms with E-state index in [4.69, 9.17) is 0 Å². The van der Waals surface area contributed by atoms with Crippen molar-refractivity contribution in [3.63, 3.8) is 0 Å². The second-order valence-corrected chi connectivity index (χ2v) is 6.08. The third-order valence-electron chi connectivity index (χ3n) is 4.33. The number of H-pyrrole nitrogens is 1. The van der Waals surface area contributed by atoms with Crippen molar-refractivity contribution in [3.05, 3.63) is 47.0 Å². The fourth-order valence-electron chi connectivity index (χ4n) is 3.11. The zero-order chi connectivity index (χ0) is 16.4.